The van der Waals surface area contributed by atoms with Gasteiger partial charge in [0.15, 0.2) is 0 Å². The molecular weight excluding hydrogens is 268 g/mol. The highest BCUT2D eigenvalue weighted by molar-refractivity contribution is 6.08. The third-order valence-corrected chi connectivity index (χ3v) is 3.11. The molecule has 0 saturated carbocycles. The van der Waals surface area contributed by atoms with Crippen LogP contribution >= 0.6 is 0 Å². The Labute approximate surface area is 122 Å². The second-order valence-corrected chi connectivity index (χ2v) is 4.56. The van der Waals surface area contributed by atoms with Crippen LogP contribution in [0, 0.1) is 6.92 Å². The van der Waals surface area contributed by atoms with E-state index in [9.17, 15) is 9.59 Å². The molecule has 21 heavy (non-hydrogen) atoms. The van der Waals surface area contributed by atoms with Gasteiger partial charge in [-0.3, -0.25) is 4.79 Å². The van der Waals surface area contributed by atoms with Crippen molar-refractivity contribution in [2.75, 3.05) is 18.2 Å². The highest BCUT2D eigenvalue weighted by atomic mass is 16.5. The fourth-order valence-corrected chi connectivity index (χ4v) is 1.92. The third-order valence-electron chi connectivity index (χ3n) is 3.11. The second kappa shape index (κ2) is 6.09. The minimum atomic E-state index is -0.457. The van der Waals surface area contributed by atoms with Gasteiger partial charge in [-0.2, -0.15) is 0 Å². The van der Waals surface area contributed by atoms with Gasteiger partial charge in [0.25, 0.3) is 5.91 Å². The van der Waals surface area contributed by atoms with Gasteiger partial charge in [-0.25, -0.2) is 4.79 Å². The maximum atomic E-state index is 12.2. The van der Waals surface area contributed by atoms with E-state index < -0.39 is 5.97 Å². The Balaban J connectivity index is 2.24. The molecule has 0 heterocycles. The first-order chi connectivity index (χ1) is 10.0. The lowest BCUT2D eigenvalue weighted by molar-refractivity contribution is 0.0600. The molecule has 0 unspecified atom stereocenters. The summed E-state index contributed by atoms with van der Waals surface area (Å²) in [6.07, 6.45) is 0. The SMILES string of the molecule is COC(=O)c1cccc(NC(=O)c2cccc(C)c2N)c1. The summed E-state index contributed by atoms with van der Waals surface area (Å²) in [7, 11) is 1.31. The van der Waals surface area contributed by atoms with Crippen LogP contribution in [0.2, 0.25) is 0 Å². The van der Waals surface area contributed by atoms with E-state index in [2.05, 4.69) is 10.1 Å². The van der Waals surface area contributed by atoms with Gasteiger partial charge in [0.05, 0.1) is 18.2 Å². The van der Waals surface area contributed by atoms with Crippen LogP contribution < -0.4 is 11.1 Å². The molecule has 0 aliphatic heterocycles. The van der Waals surface area contributed by atoms with E-state index in [4.69, 9.17) is 5.73 Å². The number of rotatable bonds is 3. The predicted molar refractivity (Wildman–Crippen MR) is 81.3 cm³/mol. The van der Waals surface area contributed by atoms with Crippen LogP contribution in [0.25, 0.3) is 0 Å². The first kappa shape index (κ1) is 14.6. The number of aryl methyl sites for hydroxylation is 1. The Hall–Kier alpha value is -2.82. The van der Waals surface area contributed by atoms with Gasteiger partial charge >= 0.3 is 5.97 Å². The molecule has 0 radical (unpaired) electrons. The smallest absolute Gasteiger partial charge is 0.337 e. The maximum absolute atomic E-state index is 12.2. The minimum Gasteiger partial charge on any atom is -0.465 e. The molecule has 5 heteroatoms. The molecule has 0 saturated heterocycles. The van der Waals surface area contributed by atoms with Crippen molar-refractivity contribution >= 4 is 23.3 Å². The van der Waals surface area contributed by atoms with E-state index in [1.165, 1.54) is 7.11 Å². The summed E-state index contributed by atoms with van der Waals surface area (Å²) in [6, 6.07) is 11.8. The van der Waals surface area contributed by atoms with Crippen LogP contribution in [0.15, 0.2) is 42.5 Å². The number of hydrogen-bond acceptors (Lipinski definition) is 4. The Bertz CT molecular complexity index is 696. The minimum absolute atomic E-state index is 0.321. The lowest BCUT2D eigenvalue weighted by atomic mass is 10.1. The van der Waals surface area contributed by atoms with Gasteiger partial charge in [0.2, 0.25) is 0 Å². The number of anilines is 2. The van der Waals surface area contributed by atoms with Crippen molar-refractivity contribution in [1.29, 1.82) is 0 Å². The van der Waals surface area contributed by atoms with E-state index in [0.29, 0.717) is 22.5 Å². The van der Waals surface area contributed by atoms with E-state index in [-0.39, 0.29) is 5.91 Å². The average Bonchev–Trinajstić information content (AvgIpc) is 2.49. The van der Waals surface area contributed by atoms with Crippen LogP contribution in [0.1, 0.15) is 26.3 Å². The Kier molecular flexibility index (Phi) is 4.23. The maximum Gasteiger partial charge on any atom is 0.337 e. The molecule has 0 fully saturated rings. The fourth-order valence-electron chi connectivity index (χ4n) is 1.92. The molecule has 108 valence electrons. The summed E-state index contributed by atoms with van der Waals surface area (Å²) < 4.78 is 4.64. The van der Waals surface area contributed by atoms with Crippen LogP contribution in [0.5, 0.6) is 0 Å². The Morgan fingerprint density at radius 1 is 1.14 bits per heavy atom. The lowest BCUT2D eigenvalue weighted by Crippen LogP contribution is -2.15. The molecule has 3 N–H and O–H groups in total. The van der Waals surface area contributed by atoms with E-state index in [0.717, 1.165) is 5.56 Å². The summed E-state index contributed by atoms with van der Waals surface area (Å²) in [4.78, 5) is 23.7. The van der Waals surface area contributed by atoms with Crippen molar-refractivity contribution in [3.05, 3.63) is 59.2 Å². The number of amides is 1. The molecular formula is C16H16N2O3. The quantitative estimate of drug-likeness (QED) is 0.670. The van der Waals surface area contributed by atoms with Crippen LogP contribution in [0.4, 0.5) is 11.4 Å². The standard InChI is InChI=1S/C16H16N2O3/c1-10-5-3-8-13(14(10)17)15(19)18-12-7-4-6-11(9-12)16(20)21-2/h3-9H,17H2,1-2H3,(H,18,19). The number of nitrogens with two attached hydrogens (primary N) is 1. The zero-order chi connectivity index (χ0) is 15.4. The predicted octanol–water partition coefficient (Wildman–Crippen LogP) is 2.62. The fraction of sp³-hybridized carbons (Fsp3) is 0.125. The van der Waals surface area contributed by atoms with E-state index >= 15 is 0 Å². The van der Waals surface area contributed by atoms with Crippen LogP contribution in [-0.4, -0.2) is 19.0 Å². The number of methoxy groups -OCH3 is 1. The molecule has 2 aromatic carbocycles. The molecule has 0 aliphatic carbocycles. The zero-order valence-corrected chi connectivity index (χ0v) is 11.8. The first-order valence-electron chi connectivity index (χ1n) is 6.37. The first-order valence-corrected chi connectivity index (χ1v) is 6.37. The van der Waals surface area contributed by atoms with E-state index in [1.807, 2.05) is 13.0 Å². The highest BCUT2D eigenvalue weighted by Gasteiger charge is 2.12. The topological polar surface area (TPSA) is 81.4 Å². The molecule has 0 aliphatic rings. The van der Waals surface area contributed by atoms with Crippen molar-refractivity contribution in [2.45, 2.75) is 6.92 Å². The normalized spacial score (nSPS) is 10.0. The molecule has 2 aromatic rings. The summed E-state index contributed by atoms with van der Waals surface area (Å²) in [5.41, 5.74) is 8.46. The largest absolute Gasteiger partial charge is 0.465 e. The van der Waals surface area contributed by atoms with Crippen molar-refractivity contribution in [3.63, 3.8) is 0 Å². The Morgan fingerprint density at radius 3 is 2.57 bits per heavy atom. The van der Waals surface area contributed by atoms with Crippen molar-refractivity contribution < 1.29 is 14.3 Å². The molecule has 0 bridgehead atoms. The molecule has 2 rings (SSSR count). The van der Waals surface area contributed by atoms with Crippen LogP contribution in [0.3, 0.4) is 0 Å². The van der Waals surface area contributed by atoms with Gasteiger partial charge in [0.1, 0.15) is 0 Å². The van der Waals surface area contributed by atoms with Crippen molar-refractivity contribution in [3.8, 4) is 0 Å². The molecule has 0 aromatic heterocycles. The summed E-state index contributed by atoms with van der Waals surface area (Å²) >= 11 is 0. The molecule has 0 spiro atoms. The van der Waals surface area contributed by atoms with Gasteiger partial charge in [0, 0.05) is 11.4 Å². The highest BCUT2D eigenvalue weighted by Crippen LogP contribution is 2.19. The third kappa shape index (κ3) is 3.20. The zero-order valence-electron chi connectivity index (χ0n) is 11.8. The second-order valence-electron chi connectivity index (χ2n) is 4.56. The van der Waals surface area contributed by atoms with Gasteiger partial charge < -0.3 is 15.8 Å². The average molecular weight is 284 g/mol. The number of para-hydroxylation sites is 1. The lowest BCUT2D eigenvalue weighted by Gasteiger charge is -2.10. The van der Waals surface area contributed by atoms with Crippen molar-refractivity contribution in [2.24, 2.45) is 0 Å². The van der Waals surface area contributed by atoms with E-state index in [1.54, 1.807) is 36.4 Å². The van der Waals surface area contributed by atoms with Gasteiger partial charge in [-0.05, 0) is 36.8 Å². The van der Waals surface area contributed by atoms with Gasteiger partial charge in [-0.15, -0.1) is 0 Å². The number of nitrogens with one attached hydrogen (secondary N) is 1. The number of hydrogen-bond donors (Lipinski definition) is 2. The Morgan fingerprint density at radius 2 is 1.86 bits per heavy atom. The van der Waals surface area contributed by atoms with Crippen LogP contribution in [-0.2, 0) is 4.74 Å². The van der Waals surface area contributed by atoms with Crippen molar-refractivity contribution in [1.82, 2.24) is 0 Å². The summed E-state index contributed by atoms with van der Waals surface area (Å²) in [5, 5.41) is 2.72. The number of carbonyl (C=O) groups is 2. The monoisotopic (exact) mass is 284 g/mol. The summed E-state index contributed by atoms with van der Waals surface area (Å²) in [6.45, 7) is 1.84. The number of benzene rings is 2. The number of nitrogen functional groups attached to an aromatic ring is 1. The molecule has 1 amide bonds. The van der Waals surface area contributed by atoms with Gasteiger partial charge in [-0.1, -0.05) is 18.2 Å². The number of esters is 1. The number of carbonyl (C=O) groups excluding carboxylic acids is 2. The summed E-state index contributed by atoms with van der Waals surface area (Å²) in [5.74, 6) is -0.778. The molecule has 5 nitrogen and oxygen atoms in total. The molecule has 0 atom stereocenters. The number of ether oxygens (including phenoxy) is 1.